The molecule has 102 valence electrons. The van der Waals surface area contributed by atoms with Gasteiger partial charge in [0, 0.05) is 12.1 Å². The standard InChI is InChI=1S/C15H23F2N/c1-4-7-18-14(8-11(2)3)9-12-5-6-13(16)10-15(12)17/h5-6,10-11,14,18H,4,7-9H2,1-3H3. The van der Waals surface area contributed by atoms with Gasteiger partial charge >= 0.3 is 0 Å². The van der Waals surface area contributed by atoms with Gasteiger partial charge in [0.1, 0.15) is 11.6 Å². The van der Waals surface area contributed by atoms with E-state index in [1.54, 1.807) is 6.07 Å². The summed E-state index contributed by atoms with van der Waals surface area (Å²) in [6.07, 6.45) is 2.67. The summed E-state index contributed by atoms with van der Waals surface area (Å²) in [5.74, 6) is -0.400. The fourth-order valence-corrected chi connectivity index (χ4v) is 2.11. The van der Waals surface area contributed by atoms with Gasteiger partial charge < -0.3 is 5.32 Å². The highest BCUT2D eigenvalue weighted by Gasteiger charge is 2.13. The zero-order valence-electron chi connectivity index (χ0n) is 11.5. The third kappa shape index (κ3) is 5.13. The molecule has 0 amide bonds. The summed E-state index contributed by atoms with van der Waals surface area (Å²) in [5.41, 5.74) is 0.589. The molecule has 1 aromatic carbocycles. The predicted molar refractivity (Wildman–Crippen MR) is 71.6 cm³/mol. The molecule has 0 radical (unpaired) electrons. The molecule has 0 heterocycles. The summed E-state index contributed by atoms with van der Waals surface area (Å²) in [6, 6.07) is 4.09. The van der Waals surface area contributed by atoms with Crippen molar-refractivity contribution in [3.8, 4) is 0 Å². The van der Waals surface area contributed by atoms with Crippen molar-refractivity contribution in [3.63, 3.8) is 0 Å². The van der Waals surface area contributed by atoms with Gasteiger partial charge in [-0.2, -0.15) is 0 Å². The summed E-state index contributed by atoms with van der Waals surface area (Å²) in [6.45, 7) is 7.35. The Morgan fingerprint density at radius 1 is 1.22 bits per heavy atom. The molecule has 0 bridgehead atoms. The highest BCUT2D eigenvalue weighted by Crippen LogP contribution is 2.15. The minimum Gasteiger partial charge on any atom is -0.314 e. The number of benzene rings is 1. The maximum atomic E-state index is 13.6. The predicted octanol–water partition coefficient (Wildman–Crippen LogP) is 3.92. The molecule has 1 atom stereocenters. The van der Waals surface area contributed by atoms with Gasteiger partial charge in [0.25, 0.3) is 0 Å². The van der Waals surface area contributed by atoms with Gasteiger partial charge in [-0.15, -0.1) is 0 Å². The molecule has 0 spiro atoms. The molecule has 0 saturated heterocycles. The van der Waals surface area contributed by atoms with Crippen molar-refractivity contribution in [2.24, 2.45) is 5.92 Å². The van der Waals surface area contributed by atoms with Crippen LogP contribution >= 0.6 is 0 Å². The highest BCUT2D eigenvalue weighted by molar-refractivity contribution is 5.19. The van der Waals surface area contributed by atoms with Crippen molar-refractivity contribution in [2.75, 3.05) is 6.54 Å². The van der Waals surface area contributed by atoms with Crippen LogP contribution in [0.25, 0.3) is 0 Å². The van der Waals surface area contributed by atoms with E-state index in [0.29, 0.717) is 17.9 Å². The van der Waals surface area contributed by atoms with Gasteiger partial charge in [0.05, 0.1) is 0 Å². The fourth-order valence-electron chi connectivity index (χ4n) is 2.11. The Bertz CT molecular complexity index is 364. The lowest BCUT2D eigenvalue weighted by atomic mass is 9.97. The molecule has 1 unspecified atom stereocenters. The van der Waals surface area contributed by atoms with Crippen LogP contribution in [0.2, 0.25) is 0 Å². The van der Waals surface area contributed by atoms with E-state index < -0.39 is 11.6 Å². The third-order valence-electron chi connectivity index (χ3n) is 2.92. The van der Waals surface area contributed by atoms with E-state index in [0.717, 1.165) is 25.5 Å². The Kier molecular flexibility index (Phi) is 6.27. The highest BCUT2D eigenvalue weighted by atomic mass is 19.1. The quantitative estimate of drug-likeness (QED) is 0.778. The van der Waals surface area contributed by atoms with E-state index >= 15 is 0 Å². The lowest BCUT2D eigenvalue weighted by Gasteiger charge is -2.21. The van der Waals surface area contributed by atoms with Gasteiger partial charge in [0.15, 0.2) is 0 Å². The van der Waals surface area contributed by atoms with Crippen molar-refractivity contribution < 1.29 is 8.78 Å². The largest absolute Gasteiger partial charge is 0.314 e. The van der Waals surface area contributed by atoms with Crippen molar-refractivity contribution in [1.29, 1.82) is 0 Å². The molecule has 0 aliphatic rings. The average molecular weight is 255 g/mol. The fraction of sp³-hybridized carbons (Fsp3) is 0.600. The molecule has 0 saturated carbocycles. The number of hydrogen-bond acceptors (Lipinski definition) is 1. The van der Waals surface area contributed by atoms with Crippen LogP contribution in [-0.4, -0.2) is 12.6 Å². The van der Waals surface area contributed by atoms with Crippen molar-refractivity contribution in [2.45, 2.75) is 46.1 Å². The van der Waals surface area contributed by atoms with Crippen LogP contribution in [0.1, 0.15) is 39.2 Å². The van der Waals surface area contributed by atoms with Gasteiger partial charge in [-0.05, 0) is 43.4 Å². The molecule has 0 aromatic heterocycles. The first-order valence-electron chi connectivity index (χ1n) is 6.70. The molecule has 0 aliphatic heterocycles. The van der Waals surface area contributed by atoms with E-state index in [-0.39, 0.29) is 6.04 Å². The maximum Gasteiger partial charge on any atom is 0.129 e. The second-order valence-corrected chi connectivity index (χ2v) is 5.22. The summed E-state index contributed by atoms with van der Waals surface area (Å²) < 4.78 is 26.4. The molecule has 0 fully saturated rings. The Labute approximate surface area is 109 Å². The maximum absolute atomic E-state index is 13.6. The lowest BCUT2D eigenvalue weighted by Crippen LogP contribution is -2.33. The van der Waals surface area contributed by atoms with E-state index in [1.165, 1.54) is 6.07 Å². The zero-order valence-corrected chi connectivity index (χ0v) is 11.5. The number of halogens is 2. The second kappa shape index (κ2) is 7.47. The van der Waals surface area contributed by atoms with Crippen LogP contribution in [0.4, 0.5) is 8.78 Å². The van der Waals surface area contributed by atoms with Crippen LogP contribution in [0, 0.1) is 17.6 Å². The molecular formula is C15H23F2N. The normalized spacial score (nSPS) is 13.0. The second-order valence-electron chi connectivity index (χ2n) is 5.22. The molecule has 3 heteroatoms. The molecule has 1 N–H and O–H groups in total. The summed E-state index contributed by atoms with van der Waals surface area (Å²) in [7, 11) is 0. The van der Waals surface area contributed by atoms with Crippen LogP contribution < -0.4 is 5.32 Å². The van der Waals surface area contributed by atoms with E-state index in [9.17, 15) is 8.78 Å². The SMILES string of the molecule is CCCNC(Cc1ccc(F)cc1F)CC(C)C. The summed E-state index contributed by atoms with van der Waals surface area (Å²) in [4.78, 5) is 0. The first kappa shape index (κ1) is 15.1. The first-order valence-corrected chi connectivity index (χ1v) is 6.70. The van der Waals surface area contributed by atoms with Gasteiger partial charge in [-0.3, -0.25) is 0 Å². The zero-order chi connectivity index (χ0) is 13.5. The molecule has 1 nitrogen and oxygen atoms in total. The summed E-state index contributed by atoms with van der Waals surface area (Å²) in [5, 5.41) is 3.43. The molecule has 0 aliphatic carbocycles. The van der Waals surface area contributed by atoms with Gasteiger partial charge in [-0.25, -0.2) is 8.78 Å². The lowest BCUT2D eigenvalue weighted by molar-refractivity contribution is 0.411. The number of hydrogen-bond donors (Lipinski definition) is 1. The van der Waals surface area contributed by atoms with E-state index in [2.05, 4.69) is 26.1 Å². The van der Waals surface area contributed by atoms with Crippen molar-refractivity contribution >= 4 is 0 Å². The molecule has 1 aromatic rings. The van der Waals surface area contributed by atoms with Crippen LogP contribution in [0.3, 0.4) is 0 Å². The monoisotopic (exact) mass is 255 g/mol. The Morgan fingerprint density at radius 3 is 2.50 bits per heavy atom. The molecule has 1 rings (SSSR count). The van der Waals surface area contributed by atoms with Crippen LogP contribution in [0.15, 0.2) is 18.2 Å². The number of nitrogens with one attached hydrogen (secondary N) is 1. The Morgan fingerprint density at radius 2 is 1.94 bits per heavy atom. The average Bonchev–Trinajstić information content (AvgIpc) is 2.29. The van der Waals surface area contributed by atoms with Crippen molar-refractivity contribution in [1.82, 2.24) is 5.32 Å². The smallest absolute Gasteiger partial charge is 0.129 e. The van der Waals surface area contributed by atoms with Crippen molar-refractivity contribution in [3.05, 3.63) is 35.4 Å². The van der Waals surface area contributed by atoms with E-state index in [4.69, 9.17) is 0 Å². The Hall–Kier alpha value is -0.960. The topological polar surface area (TPSA) is 12.0 Å². The van der Waals surface area contributed by atoms with Gasteiger partial charge in [-0.1, -0.05) is 26.8 Å². The first-order chi connectivity index (χ1) is 8.52. The van der Waals surface area contributed by atoms with Crippen LogP contribution in [0.5, 0.6) is 0 Å². The minimum absolute atomic E-state index is 0.255. The molecular weight excluding hydrogens is 232 g/mol. The third-order valence-corrected chi connectivity index (χ3v) is 2.92. The van der Waals surface area contributed by atoms with Crippen LogP contribution in [-0.2, 0) is 6.42 Å². The summed E-state index contributed by atoms with van der Waals surface area (Å²) >= 11 is 0. The number of rotatable bonds is 7. The minimum atomic E-state index is -0.516. The molecule has 18 heavy (non-hydrogen) atoms. The van der Waals surface area contributed by atoms with E-state index in [1.807, 2.05) is 0 Å². The Balaban J connectivity index is 2.68. The van der Waals surface area contributed by atoms with Gasteiger partial charge in [0.2, 0.25) is 0 Å².